The Morgan fingerprint density at radius 2 is 2.20 bits per heavy atom. The third kappa shape index (κ3) is 2.09. The summed E-state index contributed by atoms with van der Waals surface area (Å²) in [4.78, 5) is 11.2. The number of benzene rings is 1. The highest BCUT2D eigenvalue weighted by Gasteiger charge is 2.28. The minimum atomic E-state index is -0.729. The number of halogens is 1. The van der Waals surface area contributed by atoms with Gasteiger partial charge in [-0.2, -0.15) is 0 Å². The summed E-state index contributed by atoms with van der Waals surface area (Å²) in [7, 11) is 0. The van der Waals surface area contributed by atoms with Gasteiger partial charge in [0.1, 0.15) is 6.17 Å². The van der Waals surface area contributed by atoms with Crippen molar-refractivity contribution in [3.8, 4) is 0 Å². The van der Waals surface area contributed by atoms with Gasteiger partial charge in [-0.05, 0) is 37.8 Å². The van der Waals surface area contributed by atoms with Crippen molar-refractivity contribution in [3.05, 3.63) is 35.4 Å². The van der Waals surface area contributed by atoms with E-state index in [0.29, 0.717) is 12.0 Å². The zero-order chi connectivity index (χ0) is 10.8. The SMILES string of the molecule is CC(=O)c1cccc(C2CCCC2F)c1. The molecule has 0 aromatic heterocycles. The average molecular weight is 206 g/mol. The molecule has 2 rings (SSSR count). The van der Waals surface area contributed by atoms with Gasteiger partial charge in [0.15, 0.2) is 5.78 Å². The molecule has 0 radical (unpaired) electrons. The average Bonchev–Trinajstić information content (AvgIpc) is 2.64. The molecule has 80 valence electrons. The van der Waals surface area contributed by atoms with E-state index in [1.165, 1.54) is 0 Å². The van der Waals surface area contributed by atoms with E-state index >= 15 is 0 Å². The van der Waals surface area contributed by atoms with Crippen molar-refractivity contribution in [2.24, 2.45) is 0 Å². The standard InChI is InChI=1S/C13H15FO/c1-9(15)10-4-2-5-11(8-10)12-6-3-7-13(12)14/h2,4-5,8,12-13H,3,6-7H2,1H3. The lowest BCUT2D eigenvalue weighted by molar-refractivity contribution is 0.101. The van der Waals surface area contributed by atoms with E-state index in [1.807, 2.05) is 18.2 Å². The molecule has 15 heavy (non-hydrogen) atoms. The van der Waals surface area contributed by atoms with Crippen LogP contribution >= 0.6 is 0 Å². The summed E-state index contributed by atoms with van der Waals surface area (Å²) >= 11 is 0. The number of hydrogen-bond acceptors (Lipinski definition) is 1. The summed E-state index contributed by atoms with van der Waals surface area (Å²) < 4.78 is 13.5. The van der Waals surface area contributed by atoms with Gasteiger partial charge in [-0.25, -0.2) is 4.39 Å². The van der Waals surface area contributed by atoms with Crippen LogP contribution < -0.4 is 0 Å². The molecule has 0 N–H and O–H groups in total. The number of ketones is 1. The fourth-order valence-corrected chi connectivity index (χ4v) is 2.28. The predicted octanol–water partition coefficient (Wildman–Crippen LogP) is 3.49. The van der Waals surface area contributed by atoms with Crippen LogP contribution in [0.15, 0.2) is 24.3 Å². The fourth-order valence-electron chi connectivity index (χ4n) is 2.28. The van der Waals surface area contributed by atoms with Crippen LogP contribution in [0.2, 0.25) is 0 Å². The lowest BCUT2D eigenvalue weighted by Gasteiger charge is -2.13. The molecule has 0 spiro atoms. The molecule has 1 fully saturated rings. The smallest absolute Gasteiger partial charge is 0.159 e. The molecule has 1 aromatic carbocycles. The van der Waals surface area contributed by atoms with Crippen LogP contribution in [0.1, 0.15) is 48.0 Å². The van der Waals surface area contributed by atoms with E-state index in [9.17, 15) is 9.18 Å². The van der Waals surface area contributed by atoms with Crippen molar-refractivity contribution in [2.75, 3.05) is 0 Å². The minimum absolute atomic E-state index is 0.00398. The topological polar surface area (TPSA) is 17.1 Å². The molecule has 2 heteroatoms. The summed E-state index contributed by atoms with van der Waals surface area (Å²) in [6.07, 6.45) is 1.79. The van der Waals surface area contributed by atoms with E-state index in [2.05, 4.69) is 0 Å². The maximum Gasteiger partial charge on any atom is 0.159 e. The molecule has 1 saturated carbocycles. The second kappa shape index (κ2) is 4.13. The predicted molar refractivity (Wildman–Crippen MR) is 57.9 cm³/mol. The summed E-state index contributed by atoms with van der Waals surface area (Å²) in [5.74, 6) is 0.0505. The molecule has 0 heterocycles. The third-order valence-corrected chi connectivity index (χ3v) is 3.15. The molecule has 0 aliphatic heterocycles. The van der Waals surface area contributed by atoms with Crippen LogP contribution in [-0.4, -0.2) is 12.0 Å². The largest absolute Gasteiger partial charge is 0.295 e. The highest BCUT2D eigenvalue weighted by molar-refractivity contribution is 5.94. The highest BCUT2D eigenvalue weighted by atomic mass is 19.1. The van der Waals surface area contributed by atoms with Crippen LogP contribution in [0, 0.1) is 0 Å². The first-order valence-corrected chi connectivity index (χ1v) is 5.43. The number of alkyl halides is 1. The van der Waals surface area contributed by atoms with Gasteiger partial charge in [-0.15, -0.1) is 0 Å². The van der Waals surface area contributed by atoms with E-state index in [4.69, 9.17) is 0 Å². The zero-order valence-corrected chi connectivity index (χ0v) is 8.87. The third-order valence-electron chi connectivity index (χ3n) is 3.15. The van der Waals surface area contributed by atoms with Crippen LogP contribution in [0.25, 0.3) is 0 Å². The van der Waals surface area contributed by atoms with Gasteiger partial charge in [0, 0.05) is 11.5 Å². The van der Waals surface area contributed by atoms with Crippen LogP contribution in [0.5, 0.6) is 0 Å². The quantitative estimate of drug-likeness (QED) is 0.677. The molecule has 1 aliphatic rings. The molecule has 2 atom stereocenters. The second-order valence-corrected chi connectivity index (χ2v) is 4.24. The van der Waals surface area contributed by atoms with E-state index in [0.717, 1.165) is 18.4 Å². The number of carbonyl (C=O) groups is 1. The van der Waals surface area contributed by atoms with Gasteiger partial charge in [0.05, 0.1) is 0 Å². The highest BCUT2D eigenvalue weighted by Crippen LogP contribution is 2.36. The molecular weight excluding hydrogens is 191 g/mol. The first-order valence-electron chi connectivity index (χ1n) is 5.43. The van der Waals surface area contributed by atoms with Gasteiger partial charge in [-0.1, -0.05) is 18.2 Å². The van der Waals surface area contributed by atoms with Crippen LogP contribution in [0.3, 0.4) is 0 Å². The van der Waals surface area contributed by atoms with Crippen molar-refractivity contribution < 1.29 is 9.18 Å². The lowest BCUT2D eigenvalue weighted by Crippen LogP contribution is -2.07. The fraction of sp³-hybridized carbons (Fsp3) is 0.462. The molecule has 0 saturated heterocycles. The van der Waals surface area contributed by atoms with E-state index in [1.54, 1.807) is 13.0 Å². The summed E-state index contributed by atoms with van der Waals surface area (Å²) in [5, 5.41) is 0. The number of rotatable bonds is 2. The summed E-state index contributed by atoms with van der Waals surface area (Å²) in [6.45, 7) is 1.54. The second-order valence-electron chi connectivity index (χ2n) is 4.24. The molecule has 1 aliphatic carbocycles. The maximum absolute atomic E-state index is 13.5. The Balaban J connectivity index is 2.28. The van der Waals surface area contributed by atoms with E-state index in [-0.39, 0.29) is 11.7 Å². The lowest BCUT2D eigenvalue weighted by atomic mass is 9.94. The Labute approximate surface area is 89.3 Å². The maximum atomic E-state index is 13.5. The number of carbonyl (C=O) groups excluding carboxylic acids is 1. The summed E-state index contributed by atoms with van der Waals surface area (Å²) in [5.41, 5.74) is 1.67. The minimum Gasteiger partial charge on any atom is -0.295 e. The first-order chi connectivity index (χ1) is 7.18. The van der Waals surface area contributed by atoms with Gasteiger partial charge in [0.2, 0.25) is 0 Å². The van der Waals surface area contributed by atoms with Crippen molar-refractivity contribution in [2.45, 2.75) is 38.3 Å². The van der Waals surface area contributed by atoms with Gasteiger partial charge < -0.3 is 0 Å². The molecule has 0 bridgehead atoms. The normalized spacial score (nSPS) is 25.5. The number of hydrogen-bond donors (Lipinski definition) is 0. The van der Waals surface area contributed by atoms with E-state index < -0.39 is 6.17 Å². The molecule has 1 nitrogen and oxygen atoms in total. The molecule has 2 unspecified atom stereocenters. The zero-order valence-electron chi connectivity index (χ0n) is 8.87. The Morgan fingerprint density at radius 1 is 1.40 bits per heavy atom. The van der Waals surface area contributed by atoms with Crippen molar-refractivity contribution >= 4 is 5.78 Å². The Morgan fingerprint density at radius 3 is 2.80 bits per heavy atom. The molecule has 0 amide bonds. The van der Waals surface area contributed by atoms with Crippen LogP contribution in [-0.2, 0) is 0 Å². The Bertz CT molecular complexity index is 373. The van der Waals surface area contributed by atoms with Gasteiger partial charge in [-0.3, -0.25) is 4.79 Å². The molecule has 1 aromatic rings. The first kappa shape index (κ1) is 10.3. The van der Waals surface area contributed by atoms with Crippen molar-refractivity contribution in [3.63, 3.8) is 0 Å². The molecular formula is C13H15FO. The number of Topliss-reactive ketones (excluding diaryl/α,β-unsaturated/α-hetero) is 1. The van der Waals surface area contributed by atoms with Crippen molar-refractivity contribution in [1.29, 1.82) is 0 Å². The Kier molecular flexibility index (Phi) is 2.85. The Hall–Kier alpha value is -1.18. The van der Waals surface area contributed by atoms with Crippen molar-refractivity contribution in [1.82, 2.24) is 0 Å². The van der Waals surface area contributed by atoms with Gasteiger partial charge >= 0.3 is 0 Å². The monoisotopic (exact) mass is 206 g/mol. The van der Waals surface area contributed by atoms with Gasteiger partial charge in [0.25, 0.3) is 0 Å². The van der Waals surface area contributed by atoms with Crippen LogP contribution in [0.4, 0.5) is 4.39 Å². The summed E-state index contributed by atoms with van der Waals surface area (Å²) in [6, 6.07) is 7.39.